The van der Waals surface area contributed by atoms with Crippen LogP contribution < -0.4 is 10.1 Å². The van der Waals surface area contributed by atoms with Crippen molar-refractivity contribution in [1.82, 2.24) is 5.32 Å². The Labute approximate surface area is 80.7 Å². The maximum Gasteiger partial charge on any atom is 0.261 e. The molecule has 13 heavy (non-hydrogen) atoms. The summed E-state index contributed by atoms with van der Waals surface area (Å²) in [6.45, 7) is 0. The number of hydrogen-bond acceptors (Lipinski definition) is 3. The lowest BCUT2D eigenvalue weighted by Crippen LogP contribution is -2.24. The molecule has 0 aromatic carbocycles. The molecular weight excluding hydrogens is 186 g/mol. The summed E-state index contributed by atoms with van der Waals surface area (Å²) < 4.78 is 5.00. The van der Waals surface area contributed by atoms with E-state index in [1.807, 2.05) is 5.38 Å². The minimum Gasteiger partial charge on any atom is -0.496 e. The number of methoxy groups -OCH3 is 1. The zero-order valence-corrected chi connectivity index (χ0v) is 8.19. The third-order valence-corrected chi connectivity index (χ3v) is 2.85. The van der Waals surface area contributed by atoms with Gasteiger partial charge >= 0.3 is 0 Å². The van der Waals surface area contributed by atoms with Gasteiger partial charge in [0.2, 0.25) is 0 Å². The van der Waals surface area contributed by atoms with E-state index >= 15 is 0 Å². The van der Waals surface area contributed by atoms with Gasteiger partial charge in [-0.05, 0) is 12.8 Å². The van der Waals surface area contributed by atoms with Crippen LogP contribution in [-0.4, -0.2) is 19.1 Å². The molecule has 1 fully saturated rings. The molecule has 1 saturated carbocycles. The monoisotopic (exact) mass is 197 g/mol. The quantitative estimate of drug-likeness (QED) is 0.800. The number of carbonyl (C=O) groups is 1. The van der Waals surface area contributed by atoms with E-state index in [1.54, 1.807) is 13.2 Å². The molecule has 0 unspecified atom stereocenters. The predicted molar refractivity (Wildman–Crippen MR) is 51.4 cm³/mol. The van der Waals surface area contributed by atoms with Crippen LogP contribution in [0.1, 0.15) is 22.5 Å². The molecule has 0 spiro atoms. The fourth-order valence-corrected chi connectivity index (χ4v) is 1.79. The highest BCUT2D eigenvalue weighted by atomic mass is 32.1. The SMILES string of the molecule is COc1csc(C(=O)NC2CC2)c1. The topological polar surface area (TPSA) is 38.3 Å². The van der Waals surface area contributed by atoms with E-state index in [0.29, 0.717) is 6.04 Å². The second kappa shape index (κ2) is 3.38. The van der Waals surface area contributed by atoms with Crippen molar-refractivity contribution >= 4 is 17.2 Å². The molecule has 0 atom stereocenters. The number of amides is 1. The predicted octanol–water partition coefficient (Wildman–Crippen LogP) is 1.65. The van der Waals surface area contributed by atoms with Crippen LogP contribution in [0.4, 0.5) is 0 Å². The minimum absolute atomic E-state index is 0.0239. The van der Waals surface area contributed by atoms with Gasteiger partial charge in [-0.15, -0.1) is 11.3 Å². The molecule has 0 radical (unpaired) electrons. The van der Waals surface area contributed by atoms with Crippen molar-refractivity contribution in [2.24, 2.45) is 0 Å². The smallest absolute Gasteiger partial charge is 0.261 e. The van der Waals surface area contributed by atoms with E-state index in [9.17, 15) is 4.79 Å². The first-order valence-electron chi connectivity index (χ1n) is 4.23. The van der Waals surface area contributed by atoms with E-state index in [4.69, 9.17) is 4.74 Å². The highest BCUT2D eigenvalue weighted by Crippen LogP contribution is 2.23. The molecule has 2 rings (SSSR count). The van der Waals surface area contributed by atoms with Crippen molar-refractivity contribution in [3.63, 3.8) is 0 Å². The average Bonchev–Trinajstić information content (AvgIpc) is 2.82. The molecule has 0 aliphatic heterocycles. The van der Waals surface area contributed by atoms with Gasteiger partial charge in [0.25, 0.3) is 5.91 Å². The summed E-state index contributed by atoms with van der Waals surface area (Å²) in [4.78, 5) is 12.2. The molecule has 1 amide bonds. The molecule has 4 heteroatoms. The van der Waals surface area contributed by atoms with Crippen LogP contribution in [0.15, 0.2) is 11.4 Å². The number of thiophene rings is 1. The lowest BCUT2D eigenvalue weighted by molar-refractivity contribution is 0.0955. The van der Waals surface area contributed by atoms with Gasteiger partial charge in [0.15, 0.2) is 0 Å². The maximum absolute atomic E-state index is 11.5. The molecule has 1 aromatic rings. The molecule has 3 nitrogen and oxygen atoms in total. The molecule has 1 aromatic heterocycles. The van der Waals surface area contributed by atoms with Crippen LogP contribution in [0.5, 0.6) is 5.75 Å². The molecule has 1 N–H and O–H groups in total. The van der Waals surface area contributed by atoms with Crippen molar-refractivity contribution in [1.29, 1.82) is 0 Å². The molecular formula is C9H11NO2S. The summed E-state index contributed by atoms with van der Waals surface area (Å²) in [5.41, 5.74) is 0. The van der Waals surface area contributed by atoms with Crippen LogP contribution in [-0.2, 0) is 0 Å². The maximum atomic E-state index is 11.5. The van der Waals surface area contributed by atoms with Gasteiger partial charge in [0.05, 0.1) is 12.0 Å². The van der Waals surface area contributed by atoms with Crippen LogP contribution in [0.3, 0.4) is 0 Å². The zero-order valence-electron chi connectivity index (χ0n) is 7.37. The molecule has 1 aliphatic rings. The third-order valence-electron chi connectivity index (χ3n) is 1.95. The lowest BCUT2D eigenvalue weighted by Gasteiger charge is -1.98. The van der Waals surface area contributed by atoms with Gasteiger partial charge in [-0.3, -0.25) is 4.79 Å². The van der Waals surface area contributed by atoms with Gasteiger partial charge in [0.1, 0.15) is 5.75 Å². The second-order valence-electron chi connectivity index (χ2n) is 3.10. The van der Waals surface area contributed by atoms with Crippen LogP contribution in [0.25, 0.3) is 0 Å². The Bertz CT molecular complexity index is 317. The van der Waals surface area contributed by atoms with Crippen LogP contribution in [0.2, 0.25) is 0 Å². The molecule has 1 heterocycles. The Morgan fingerprint density at radius 2 is 2.46 bits per heavy atom. The van der Waals surface area contributed by atoms with Crippen molar-refractivity contribution in [2.75, 3.05) is 7.11 Å². The Morgan fingerprint density at radius 1 is 1.69 bits per heavy atom. The molecule has 0 bridgehead atoms. The standard InChI is InChI=1S/C9H11NO2S/c1-12-7-4-8(13-5-7)9(11)10-6-2-3-6/h4-6H,2-3H2,1H3,(H,10,11). The summed E-state index contributed by atoms with van der Waals surface area (Å²) in [6, 6.07) is 2.18. The first-order valence-corrected chi connectivity index (χ1v) is 5.11. The van der Waals surface area contributed by atoms with Crippen LogP contribution in [0, 0.1) is 0 Å². The number of carbonyl (C=O) groups excluding carboxylic acids is 1. The highest BCUT2D eigenvalue weighted by molar-refractivity contribution is 7.12. The van der Waals surface area contributed by atoms with E-state index < -0.39 is 0 Å². The molecule has 1 aliphatic carbocycles. The van der Waals surface area contributed by atoms with E-state index in [0.717, 1.165) is 23.5 Å². The van der Waals surface area contributed by atoms with Crippen LogP contribution >= 0.6 is 11.3 Å². The van der Waals surface area contributed by atoms with E-state index in [1.165, 1.54) is 11.3 Å². The first-order chi connectivity index (χ1) is 6.29. The number of nitrogens with one attached hydrogen (secondary N) is 1. The van der Waals surface area contributed by atoms with Crippen molar-refractivity contribution in [2.45, 2.75) is 18.9 Å². The molecule has 70 valence electrons. The van der Waals surface area contributed by atoms with Gasteiger partial charge < -0.3 is 10.1 Å². The number of ether oxygens (including phenoxy) is 1. The number of rotatable bonds is 3. The lowest BCUT2D eigenvalue weighted by atomic mass is 10.4. The molecule has 0 saturated heterocycles. The van der Waals surface area contributed by atoms with Gasteiger partial charge in [0, 0.05) is 17.5 Å². The highest BCUT2D eigenvalue weighted by Gasteiger charge is 2.24. The van der Waals surface area contributed by atoms with Gasteiger partial charge in [-0.25, -0.2) is 0 Å². The normalized spacial score (nSPS) is 15.5. The van der Waals surface area contributed by atoms with E-state index in [-0.39, 0.29) is 5.91 Å². The summed E-state index contributed by atoms with van der Waals surface area (Å²) in [6.07, 6.45) is 2.24. The Hall–Kier alpha value is -1.03. The van der Waals surface area contributed by atoms with Crippen molar-refractivity contribution in [3.8, 4) is 5.75 Å². The second-order valence-corrected chi connectivity index (χ2v) is 4.01. The fraction of sp³-hybridized carbons (Fsp3) is 0.444. The minimum atomic E-state index is 0.0239. The van der Waals surface area contributed by atoms with E-state index in [2.05, 4.69) is 5.32 Å². The van der Waals surface area contributed by atoms with Gasteiger partial charge in [-0.2, -0.15) is 0 Å². The van der Waals surface area contributed by atoms with Crippen molar-refractivity contribution in [3.05, 3.63) is 16.3 Å². The summed E-state index contributed by atoms with van der Waals surface area (Å²) in [5, 5.41) is 4.76. The fourth-order valence-electron chi connectivity index (χ4n) is 1.03. The number of hydrogen-bond donors (Lipinski definition) is 1. The summed E-state index contributed by atoms with van der Waals surface area (Å²) >= 11 is 1.41. The summed E-state index contributed by atoms with van der Waals surface area (Å²) in [7, 11) is 1.60. The average molecular weight is 197 g/mol. The Balaban J connectivity index is 2.01. The van der Waals surface area contributed by atoms with Crippen molar-refractivity contribution < 1.29 is 9.53 Å². The van der Waals surface area contributed by atoms with Gasteiger partial charge in [-0.1, -0.05) is 0 Å². The Kier molecular flexibility index (Phi) is 2.22. The largest absolute Gasteiger partial charge is 0.496 e. The third kappa shape index (κ3) is 2.01. The first kappa shape index (κ1) is 8.56. The summed E-state index contributed by atoms with van der Waals surface area (Å²) in [5.74, 6) is 0.779. The Morgan fingerprint density at radius 3 is 3.00 bits per heavy atom. The zero-order chi connectivity index (χ0) is 9.26.